The fraction of sp³-hybridized carbons (Fsp3) is 0.500. The Bertz CT molecular complexity index is 632. The van der Waals surface area contributed by atoms with Gasteiger partial charge in [-0.1, -0.05) is 0 Å². The lowest BCUT2D eigenvalue weighted by atomic mass is 10.1. The third-order valence-electron chi connectivity index (χ3n) is 3.15. The lowest BCUT2D eigenvalue weighted by molar-refractivity contribution is -0.132. The van der Waals surface area contributed by atoms with E-state index in [2.05, 4.69) is 0 Å². The zero-order chi connectivity index (χ0) is 13.8. The van der Waals surface area contributed by atoms with E-state index in [0.717, 1.165) is 30.0 Å². The lowest BCUT2D eigenvalue weighted by Crippen LogP contribution is -2.41. The number of aromatic amines is 1. The maximum absolute atomic E-state index is 12.0. The van der Waals surface area contributed by atoms with Crippen LogP contribution in [0.15, 0.2) is 15.8 Å². The largest absolute Gasteiger partial charge is 0.341 e. The van der Waals surface area contributed by atoms with E-state index < -0.39 is 11.2 Å². The summed E-state index contributed by atoms with van der Waals surface area (Å²) in [4.78, 5) is 38.5. The molecular formula is C12H14N4O3. The minimum Gasteiger partial charge on any atom is -0.341 e. The Balaban J connectivity index is 2.19. The van der Waals surface area contributed by atoms with E-state index in [9.17, 15) is 14.4 Å². The standard InChI is InChI=1S/C12H14N4O3/c13-6-9-7-16(12(19)14-11(9)18)8-10(17)15-4-2-1-3-5-15/h7H,1-5,8H2,(H,14,18,19). The van der Waals surface area contributed by atoms with E-state index in [1.54, 1.807) is 11.0 Å². The first-order valence-corrected chi connectivity index (χ1v) is 6.13. The molecule has 1 fully saturated rings. The van der Waals surface area contributed by atoms with Crippen LogP contribution in [0.5, 0.6) is 0 Å². The second-order valence-corrected chi connectivity index (χ2v) is 4.48. The lowest BCUT2D eigenvalue weighted by Gasteiger charge is -2.26. The smallest absolute Gasteiger partial charge is 0.328 e. The average molecular weight is 262 g/mol. The third kappa shape index (κ3) is 2.91. The summed E-state index contributed by atoms with van der Waals surface area (Å²) in [5.41, 5.74) is -1.57. The van der Waals surface area contributed by atoms with Gasteiger partial charge in [-0.2, -0.15) is 5.26 Å². The van der Waals surface area contributed by atoms with E-state index in [1.165, 1.54) is 0 Å². The Morgan fingerprint density at radius 3 is 2.63 bits per heavy atom. The number of carbonyl (C=O) groups excluding carboxylic acids is 1. The van der Waals surface area contributed by atoms with E-state index in [1.807, 2.05) is 4.98 Å². The summed E-state index contributed by atoms with van der Waals surface area (Å²) in [5, 5.41) is 8.74. The molecule has 0 aliphatic carbocycles. The highest BCUT2D eigenvalue weighted by atomic mass is 16.2. The quantitative estimate of drug-likeness (QED) is 0.770. The average Bonchev–Trinajstić information content (AvgIpc) is 2.42. The van der Waals surface area contributed by atoms with Crippen LogP contribution in [0.25, 0.3) is 0 Å². The Kier molecular flexibility index (Phi) is 3.80. The van der Waals surface area contributed by atoms with Gasteiger partial charge in [-0.3, -0.25) is 19.1 Å². The second-order valence-electron chi connectivity index (χ2n) is 4.48. The summed E-state index contributed by atoms with van der Waals surface area (Å²) in [5.74, 6) is -0.169. The van der Waals surface area contributed by atoms with Crippen molar-refractivity contribution in [2.45, 2.75) is 25.8 Å². The van der Waals surface area contributed by atoms with Crippen molar-refractivity contribution in [1.29, 1.82) is 5.26 Å². The van der Waals surface area contributed by atoms with Gasteiger partial charge in [-0.05, 0) is 19.3 Å². The summed E-state index contributed by atoms with van der Waals surface area (Å²) in [6.45, 7) is 1.24. The number of nitriles is 1. The number of piperidine rings is 1. The number of nitrogens with zero attached hydrogens (tertiary/aromatic N) is 3. The molecule has 2 heterocycles. The van der Waals surface area contributed by atoms with Crippen LogP contribution >= 0.6 is 0 Å². The van der Waals surface area contributed by atoms with Crippen molar-refractivity contribution in [3.05, 3.63) is 32.6 Å². The molecular weight excluding hydrogens is 248 g/mol. The van der Waals surface area contributed by atoms with Crippen molar-refractivity contribution >= 4 is 5.91 Å². The molecule has 1 N–H and O–H groups in total. The van der Waals surface area contributed by atoms with Crippen LogP contribution in [-0.4, -0.2) is 33.4 Å². The molecule has 1 aromatic heterocycles. The van der Waals surface area contributed by atoms with Crippen LogP contribution in [0.3, 0.4) is 0 Å². The number of amides is 1. The second kappa shape index (κ2) is 5.52. The zero-order valence-corrected chi connectivity index (χ0v) is 10.4. The summed E-state index contributed by atoms with van der Waals surface area (Å²) in [6, 6.07) is 1.69. The molecule has 0 atom stereocenters. The topological polar surface area (TPSA) is 99.0 Å². The summed E-state index contributed by atoms with van der Waals surface area (Å²) in [7, 11) is 0. The first-order chi connectivity index (χ1) is 9.11. The number of hydrogen-bond donors (Lipinski definition) is 1. The molecule has 1 saturated heterocycles. The summed E-state index contributed by atoms with van der Waals surface area (Å²) < 4.78 is 1.07. The molecule has 0 aromatic carbocycles. The van der Waals surface area contributed by atoms with Crippen LogP contribution in [-0.2, 0) is 11.3 Å². The molecule has 1 aromatic rings. The molecule has 19 heavy (non-hydrogen) atoms. The molecule has 1 aliphatic rings. The van der Waals surface area contributed by atoms with Gasteiger partial charge in [0.1, 0.15) is 18.2 Å². The highest BCUT2D eigenvalue weighted by Crippen LogP contribution is 2.08. The van der Waals surface area contributed by atoms with E-state index in [4.69, 9.17) is 5.26 Å². The van der Waals surface area contributed by atoms with Gasteiger partial charge in [-0.15, -0.1) is 0 Å². The molecule has 0 bridgehead atoms. The van der Waals surface area contributed by atoms with Crippen molar-refractivity contribution in [1.82, 2.24) is 14.5 Å². The molecule has 0 spiro atoms. The number of H-pyrrole nitrogens is 1. The fourth-order valence-corrected chi connectivity index (χ4v) is 2.10. The first-order valence-electron chi connectivity index (χ1n) is 6.13. The van der Waals surface area contributed by atoms with E-state index >= 15 is 0 Å². The number of carbonyl (C=O) groups is 1. The molecule has 1 aliphatic heterocycles. The molecule has 7 nitrogen and oxygen atoms in total. The SMILES string of the molecule is N#Cc1cn(CC(=O)N2CCCCC2)c(=O)[nH]c1=O. The van der Waals surface area contributed by atoms with Gasteiger partial charge in [0.15, 0.2) is 0 Å². The molecule has 7 heteroatoms. The number of hydrogen-bond acceptors (Lipinski definition) is 4. The minimum absolute atomic E-state index is 0.149. The molecule has 0 radical (unpaired) electrons. The highest BCUT2D eigenvalue weighted by molar-refractivity contribution is 5.76. The summed E-state index contributed by atoms with van der Waals surface area (Å²) >= 11 is 0. The number of aromatic nitrogens is 2. The molecule has 0 unspecified atom stereocenters. The monoisotopic (exact) mass is 262 g/mol. The number of likely N-dealkylation sites (tertiary alicyclic amines) is 1. The Morgan fingerprint density at radius 1 is 1.32 bits per heavy atom. The molecule has 0 saturated carbocycles. The van der Waals surface area contributed by atoms with Gasteiger partial charge in [0.25, 0.3) is 5.56 Å². The summed E-state index contributed by atoms with van der Waals surface area (Å²) in [6.07, 6.45) is 4.18. The van der Waals surface area contributed by atoms with E-state index in [-0.39, 0.29) is 18.0 Å². The maximum Gasteiger partial charge on any atom is 0.328 e. The molecule has 1 amide bonds. The van der Waals surface area contributed by atoms with Gasteiger partial charge < -0.3 is 4.90 Å². The van der Waals surface area contributed by atoms with Crippen molar-refractivity contribution < 1.29 is 4.79 Å². The maximum atomic E-state index is 12.0. The van der Waals surface area contributed by atoms with Gasteiger partial charge in [0.05, 0.1) is 0 Å². The zero-order valence-electron chi connectivity index (χ0n) is 10.4. The van der Waals surface area contributed by atoms with Gasteiger partial charge in [0.2, 0.25) is 5.91 Å². The fourth-order valence-electron chi connectivity index (χ4n) is 2.10. The van der Waals surface area contributed by atoms with Crippen molar-refractivity contribution in [3.63, 3.8) is 0 Å². The number of rotatable bonds is 2. The van der Waals surface area contributed by atoms with Crippen molar-refractivity contribution in [2.24, 2.45) is 0 Å². The Hall–Kier alpha value is -2.36. The predicted octanol–water partition coefficient (Wildman–Crippen LogP) is -0.579. The number of nitrogens with one attached hydrogen (secondary N) is 1. The van der Waals surface area contributed by atoms with Crippen molar-refractivity contribution in [2.75, 3.05) is 13.1 Å². The van der Waals surface area contributed by atoms with Crippen molar-refractivity contribution in [3.8, 4) is 6.07 Å². The van der Waals surface area contributed by atoms with Crippen LogP contribution in [0, 0.1) is 11.3 Å². The first kappa shape index (κ1) is 13.1. The van der Waals surface area contributed by atoms with Gasteiger partial charge in [0, 0.05) is 19.3 Å². The van der Waals surface area contributed by atoms with Crippen LogP contribution in [0.2, 0.25) is 0 Å². The Labute approximate surface area is 109 Å². The van der Waals surface area contributed by atoms with Crippen LogP contribution in [0.4, 0.5) is 0 Å². The normalized spacial score (nSPS) is 15.0. The Morgan fingerprint density at radius 2 is 2.00 bits per heavy atom. The molecule has 2 rings (SSSR count). The van der Waals surface area contributed by atoms with Crippen LogP contribution < -0.4 is 11.2 Å². The third-order valence-corrected chi connectivity index (χ3v) is 3.15. The highest BCUT2D eigenvalue weighted by Gasteiger charge is 2.17. The predicted molar refractivity (Wildman–Crippen MR) is 66.5 cm³/mol. The van der Waals surface area contributed by atoms with Crippen LogP contribution in [0.1, 0.15) is 24.8 Å². The molecule has 100 valence electrons. The van der Waals surface area contributed by atoms with Gasteiger partial charge in [-0.25, -0.2) is 4.79 Å². The minimum atomic E-state index is -0.728. The van der Waals surface area contributed by atoms with E-state index in [0.29, 0.717) is 13.1 Å². The van der Waals surface area contributed by atoms with Gasteiger partial charge >= 0.3 is 5.69 Å².